The van der Waals surface area contributed by atoms with Crippen LogP contribution in [0.2, 0.25) is 0 Å². The van der Waals surface area contributed by atoms with Gasteiger partial charge in [0.1, 0.15) is 6.29 Å². The lowest BCUT2D eigenvalue weighted by Gasteiger charge is -2.31. The molecule has 0 aromatic carbocycles. The minimum atomic E-state index is -0.372. The summed E-state index contributed by atoms with van der Waals surface area (Å²) in [4.78, 5) is 30.0. The van der Waals surface area contributed by atoms with Gasteiger partial charge in [-0.2, -0.15) is 0 Å². The molecule has 0 spiro atoms. The molecule has 3 unspecified atom stereocenters. The van der Waals surface area contributed by atoms with Crippen LogP contribution in [0.3, 0.4) is 0 Å². The van der Waals surface area contributed by atoms with E-state index in [1.54, 1.807) is 17.4 Å². The van der Waals surface area contributed by atoms with E-state index in [0.29, 0.717) is 17.5 Å². The molecule has 2 rings (SSSR count). The third-order valence-corrected chi connectivity index (χ3v) is 6.41. The second kappa shape index (κ2) is 17.6. The van der Waals surface area contributed by atoms with Crippen molar-refractivity contribution in [2.24, 2.45) is 16.9 Å². The van der Waals surface area contributed by atoms with Crippen LogP contribution in [0.5, 0.6) is 0 Å². The largest absolute Gasteiger partial charge is 0.339 e. The van der Waals surface area contributed by atoms with Crippen molar-refractivity contribution in [2.75, 3.05) is 13.6 Å². The van der Waals surface area contributed by atoms with E-state index in [4.69, 9.17) is 5.73 Å². The van der Waals surface area contributed by atoms with Crippen molar-refractivity contribution in [1.82, 2.24) is 9.88 Å². The molecule has 1 amide bonds. The van der Waals surface area contributed by atoms with Crippen LogP contribution in [0.25, 0.3) is 0 Å². The number of hydrogen-bond acceptors (Lipinski definition) is 6. The van der Waals surface area contributed by atoms with Gasteiger partial charge in [0.05, 0.1) is 17.2 Å². The predicted octanol–water partition coefficient (Wildman–Crippen LogP) is 5.23. The first-order valence-corrected chi connectivity index (χ1v) is 12.7. The lowest BCUT2D eigenvalue weighted by molar-refractivity contribution is -0.135. The number of thiazole rings is 1. The predicted molar refractivity (Wildman–Crippen MR) is 144 cm³/mol. The summed E-state index contributed by atoms with van der Waals surface area (Å²) in [5.41, 5.74) is 13.9. The molecule has 1 saturated heterocycles. The van der Waals surface area contributed by atoms with Gasteiger partial charge in [-0.1, -0.05) is 59.8 Å². The Balaban J connectivity index is 0. The Hall–Kier alpha value is -1.83. The van der Waals surface area contributed by atoms with Gasteiger partial charge in [0, 0.05) is 29.0 Å². The maximum Gasteiger partial charge on any atom is 0.240 e. The third kappa shape index (κ3) is 11.7. The zero-order valence-corrected chi connectivity index (χ0v) is 23.3. The van der Waals surface area contributed by atoms with Crippen molar-refractivity contribution in [3.8, 4) is 0 Å². The summed E-state index contributed by atoms with van der Waals surface area (Å²) in [5.74, 6) is 0.426. The second-order valence-corrected chi connectivity index (χ2v) is 9.61. The summed E-state index contributed by atoms with van der Waals surface area (Å²) in [6.45, 7) is 19.0. The van der Waals surface area contributed by atoms with E-state index < -0.39 is 0 Å². The van der Waals surface area contributed by atoms with Gasteiger partial charge in [-0.15, -0.1) is 11.3 Å². The van der Waals surface area contributed by atoms with Crippen molar-refractivity contribution in [2.45, 2.75) is 93.2 Å². The number of amides is 1. The van der Waals surface area contributed by atoms with E-state index in [0.717, 1.165) is 31.4 Å². The lowest BCUT2D eigenvalue weighted by atomic mass is 9.86. The summed E-state index contributed by atoms with van der Waals surface area (Å²) in [5, 5.41) is 0. The quantitative estimate of drug-likeness (QED) is 0.341. The number of nitrogens with zero attached hydrogens (tertiary/aromatic N) is 2. The fourth-order valence-corrected chi connectivity index (χ4v) is 3.94. The minimum Gasteiger partial charge on any atom is -0.339 e. The van der Waals surface area contributed by atoms with Crippen LogP contribution < -0.4 is 11.5 Å². The van der Waals surface area contributed by atoms with Crippen molar-refractivity contribution in [3.63, 3.8) is 0 Å². The lowest BCUT2D eigenvalue weighted by Crippen LogP contribution is -2.51. The number of likely N-dealkylation sites (tertiary alicyclic amines) is 1. The van der Waals surface area contributed by atoms with Crippen LogP contribution in [0, 0.1) is 12.3 Å². The molecule has 6 nitrogen and oxygen atoms in total. The molecule has 2 heterocycles. The maximum atomic E-state index is 12.0. The highest BCUT2D eigenvalue weighted by molar-refractivity contribution is 7.09. The number of rotatable bonds is 5. The zero-order chi connectivity index (χ0) is 26.2. The van der Waals surface area contributed by atoms with Crippen molar-refractivity contribution in [3.05, 3.63) is 39.9 Å². The highest BCUT2D eigenvalue weighted by Gasteiger charge is 2.34. The molecule has 33 heavy (non-hydrogen) atoms. The summed E-state index contributed by atoms with van der Waals surface area (Å²) < 4.78 is 0. The van der Waals surface area contributed by atoms with Gasteiger partial charge in [-0.05, 0) is 46.1 Å². The Morgan fingerprint density at radius 2 is 1.88 bits per heavy atom. The fraction of sp³-hybridized carbons (Fsp3) is 0.654. The van der Waals surface area contributed by atoms with E-state index >= 15 is 0 Å². The number of hydrogen-bond donors (Lipinski definition) is 2. The second-order valence-electron chi connectivity index (χ2n) is 8.72. The molecule has 4 N–H and O–H groups in total. The van der Waals surface area contributed by atoms with Gasteiger partial charge in [0.2, 0.25) is 5.91 Å². The SMILES string of the molecule is C/C=C(C=O)\C=C/C(C)c1scnc1C.CC.CC1CCCN1C(=O)C(N)C(C)(C)C.CN. The Labute approximate surface area is 206 Å². The molecule has 7 heteroatoms. The standard InChI is InChI=1S/C12H15NOS.C11H22N2O.C2H6.CH5N/c1-4-11(7-14)6-5-9(2)12-10(3)13-8-15-12;1-8-6-5-7-13(8)10(14)9(12)11(2,3)4;2*1-2/h4-9H,1-3H3;8-9H,5-7,12H2,1-4H3;1-2H3;2H2,1H3/b6-5-,11-4+;;;. The Bertz CT molecular complexity index is 731. The van der Waals surface area contributed by atoms with E-state index in [-0.39, 0.29) is 17.4 Å². The highest BCUT2D eigenvalue weighted by Crippen LogP contribution is 2.25. The molecule has 190 valence electrons. The maximum absolute atomic E-state index is 12.0. The Kier molecular flexibility index (Phi) is 17.8. The molecule has 1 aromatic heterocycles. The van der Waals surface area contributed by atoms with Crippen LogP contribution in [0.4, 0.5) is 0 Å². The molecule has 0 saturated carbocycles. The first-order chi connectivity index (χ1) is 15.5. The normalized spacial score (nSPS) is 17.6. The number of aromatic nitrogens is 1. The van der Waals surface area contributed by atoms with E-state index in [1.165, 1.54) is 11.9 Å². The van der Waals surface area contributed by atoms with Crippen molar-refractivity contribution < 1.29 is 9.59 Å². The van der Waals surface area contributed by atoms with Crippen molar-refractivity contribution in [1.29, 1.82) is 0 Å². The van der Waals surface area contributed by atoms with Gasteiger partial charge < -0.3 is 16.4 Å². The molecule has 3 atom stereocenters. The van der Waals surface area contributed by atoms with Gasteiger partial charge >= 0.3 is 0 Å². The smallest absolute Gasteiger partial charge is 0.240 e. The fourth-order valence-electron chi connectivity index (χ4n) is 3.10. The minimum absolute atomic E-state index is 0.113. The topological polar surface area (TPSA) is 102 Å². The monoisotopic (exact) mass is 480 g/mol. The molecule has 0 aliphatic carbocycles. The molecule has 1 aliphatic rings. The van der Waals surface area contributed by atoms with Crippen molar-refractivity contribution >= 4 is 23.5 Å². The first kappa shape index (κ1) is 33.3. The van der Waals surface area contributed by atoms with Crippen LogP contribution in [0.15, 0.2) is 29.3 Å². The number of carbonyl (C=O) groups excluding carboxylic acids is 2. The number of aryl methyl sites for hydroxylation is 1. The van der Waals surface area contributed by atoms with E-state index in [9.17, 15) is 9.59 Å². The third-order valence-electron chi connectivity index (χ3n) is 5.28. The number of nitrogens with two attached hydrogens (primary N) is 2. The molecule has 1 fully saturated rings. The zero-order valence-electron chi connectivity index (χ0n) is 22.5. The van der Waals surface area contributed by atoms with Gasteiger partial charge in [-0.25, -0.2) is 4.98 Å². The number of allylic oxidation sites excluding steroid dienone is 4. The molecule has 1 aromatic rings. The molecular formula is C26H48N4O2S. The van der Waals surface area contributed by atoms with Gasteiger partial charge in [0.15, 0.2) is 0 Å². The Morgan fingerprint density at radius 3 is 2.24 bits per heavy atom. The van der Waals surface area contributed by atoms with Gasteiger partial charge in [-0.3, -0.25) is 9.59 Å². The number of aldehydes is 1. The van der Waals surface area contributed by atoms with Gasteiger partial charge in [0.25, 0.3) is 0 Å². The van der Waals surface area contributed by atoms with Crippen LogP contribution >= 0.6 is 11.3 Å². The summed E-state index contributed by atoms with van der Waals surface area (Å²) >= 11 is 1.65. The average molecular weight is 481 g/mol. The van der Waals surface area contributed by atoms with Crippen LogP contribution in [-0.2, 0) is 9.59 Å². The average Bonchev–Trinajstić information content (AvgIpc) is 3.43. The summed E-state index contributed by atoms with van der Waals surface area (Å²) in [6, 6.07) is -0.000972. The van der Waals surface area contributed by atoms with E-state index in [1.807, 2.05) is 71.0 Å². The van der Waals surface area contributed by atoms with Crippen LogP contribution in [0.1, 0.15) is 84.7 Å². The number of carbonyl (C=O) groups is 2. The first-order valence-electron chi connectivity index (χ1n) is 11.9. The summed E-state index contributed by atoms with van der Waals surface area (Å²) in [7, 11) is 1.50. The highest BCUT2D eigenvalue weighted by atomic mass is 32.1. The molecule has 1 aliphatic heterocycles. The van der Waals surface area contributed by atoms with Crippen LogP contribution in [-0.4, -0.2) is 47.8 Å². The Morgan fingerprint density at radius 1 is 1.30 bits per heavy atom. The van der Waals surface area contributed by atoms with E-state index in [2.05, 4.69) is 24.6 Å². The molecule has 0 radical (unpaired) electrons. The molecule has 0 bridgehead atoms. The summed E-state index contributed by atoms with van der Waals surface area (Å²) in [6.07, 6.45) is 8.78. The molecular weight excluding hydrogens is 432 g/mol.